The average Bonchev–Trinajstić information content (AvgIpc) is 2.62. The number of nitrogens with zero attached hydrogens (tertiary/aromatic N) is 1. The van der Waals surface area contributed by atoms with Gasteiger partial charge < -0.3 is 9.64 Å². The molecule has 0 unspecified atom stereocenters. The Balaban J connectivity index is 2.09. The molecule has 0 atom stereocenters. The molecule has 0 saturated carbocycles. The maximum Gasteiger partial charge on any atom is 0.227 e. The molecule has 132 valence electrons. The summed E-state index contributed by atoms with van der Waals surface area (Å²) < 4.78 is 5.32. The van der Waals surface area contributed by atoms with Gasteiger partial charge in [-0.05, 0) is 49.1 Å². The van der Waals surface area contributed by atoms with Crippen LogP contribution in [0.3, 0.4) is 0 Å². The minimum absolute atomic E-state index is 0.0204. The van der Waals surface area contributed by atoms with Crippen LogP contribution in [0, 0.1) is 0 Å². The average molecular weight is 357 g/mol. The lowest BCUT2D eigenvalue weighted by Gasteiger charge is -2.18. The first-order chi connectivity index (χ1) is 11.9. The van der Waals surface area contributed by atoms with Crippen LogP contribution in [-0.2, 0) is 17.8 Å². The van der Waals surface area contributed by atoms with E-state index in [1.165, 1.54) is 11.8 Å². The predicted molar refractivity (Wildman–Crippen MR) is 101 cm³/mol. The fourth-order valence-electron chi connectivity index (χ4n) is 2.53. The smallest absolute Gasteiger partial charge is 0.227 e. The number of likely N-dealkylation sites (N-methyl/N-ethyl adjacent to an activating group) is 1. The van der Waals surface area contributed by atoms with Crippen molar-refractivity contribution in [3.8, 4) is 5.75 Å². The number of ketones is 1. The number of thioether (sulfide) groups is 1. The largest absolute Gasteiger partial charge is 0.496 e. The van der Waals surface area contributed by atoms with E-state index in [-0.39, 0.29) is 18.1 Å². The summed E-state index contributed by atoms with van der Waals surface area (Å²) in [6.07, 6.45) is 2.23. The zero-order chi connectivity index (χ0) is 18.4. The molecule has 0 radical (unpaired) electrons. The standard InChI is InChI=1S/C20H23NO3S/c1-14(22)16-7-10-19(24-3)17(11-16)12-20(23)21(2)13-15-5-8-18(25-4)9-6-15/h5-11H,12-13H2,1-4H3. The van der Waals surface area contributed by atoms with Gasteiger partial charge in [-0.2, -0.15) is 0 Å². The molecule has 0 fully saturated rings. The van der Waals surface area contributed by atoms with Crippen LogP contribution < -0.4 is 4.74 Å². The van der Waals surface area contributed by atoms with Crippen molar-refractivity contribution in [3.05, 3.63) is 59.2 Å². The lowest BCUT2D eigenvalue weighted by molar-refractivity contribution is -0.129. The quantitative estimate of drug-likeness (QED) is 0.558. The number of hydrogen-bond acceptors (Lipinski definition) is 4. The van der Waals surface area contributed by atoms with E-state index in [1.807, 2.05) is 18.4 Å². The molecule has 0 bridgehead atoms. The molecule has 0 aliphatic heterocycles. The van der Waals surface area contributed by atoms with Crippen molar-refractivity contribution in [2.75, 3.05) is 20.4 Å². The highest BCUT2D eigenvalue weighted by Crippen LogP contribution is 2.22. The number of methoxy groups -OCH3 is 1. The van der Waals surface area contributed by atoms with Gasteiger partial charge in [-0.3, -0.25) is 9.59 Å². The van der Waals surface area contributed by atoms with E-state index in [0.717, 1.165) is 11.1 Å². The third-order valence-corrected chi connectivity index (χ3v) is 4.78. The molecule has 5 heteroatoms. The zero-order valence-corrected chi connectivity index (χ0v) is 15.9. The van der Waals surface area contributed by atoms with E-state index in [9.17, 15) is 9.59 Å². The van der Waals surface area contributed by atoms with Gasteiger partial charge in [0, 0.05) is 29.6 Å². The number of benzene rings is 2. The number of Topliss-reactive ketones (excluding diaryl/α,β-unsaturated/α-hetero) is 1. The summed E-state index contributed by atoms with van der Waals surface area (Å²) in [5, 5.41) is 0. The van der Waals surface area contributed by atoms with E-state index in [0.29, 0.717) is 17.9 Å². The summed E-state index contributed by atoms with van der Waals surface area (Å²) in [4.78, 5) is 27.0. The molecular formula is C20H23NO3S. The van der Waals surface area contributed by atoms with E-state index in [2.05, 4.69) is 12.1 Å². The van der Waals surface area contributed by atoms with Crippen LogP contribution >= 0.6 is 11.8 Å². The van der Waals surface area contributed by atoms with Crippen molar-refractivity contribution < 1.29 is 14.3 Å². The summed E-state index contributed by atoms with van der Waals surface area (Å²) in [7, 11) is 3.35. The topological polar surface area (TPSA) is 46.6 Å². The second kappa shape index (κ2) is 8.72. The van der Waals surface area contributed by atoms with Crippen molar-refractivity contribution >= 4 is 23.5 Å². The monoisotopic (exact) mass is 357 g/mol. The Morgan fingerprint density at radius 1 is 1.12 bits per heavy atom. The number of hydrogen-bond donors (Lipinski definition) is 0. The Kier molecular flexibility index (Phi) is 6.65. The number of carbonyl (C=O) groups is 2. The summed E-state index contributed by atoms with van der Waals surface area (Å²) in [5.41, 5.74) is 2.39. The van der Waals surface area contributed by atoms with Crippen LogP contribution in [-0.4, -0.2) is 37.0 Å². The molecule has 2 aromatic carbocycles. The normalized spacial score (nSPS) is 10.4. The maximum atomic E-state index is 12.6. The molecule has 25 heavy (non-hydrogen) atoms. The van der Waals surface area contributed by atoms with Crippen molar-refractivity contribution in [3.63, 3.8) is 0 Å². The molecule has 0 spiro atoms. The summed E-state index contributed by atoms with van der Waals surface area (Å²) in [6, 6.07) is 13.4. The van der Waals surface area contributed by atoms with E-state index < -0.39 is 0 Å². The summed E-state index contributed by atoms with van der Waals surface area (Å²) in [5.74, 6) is 0.572. The van der Waals surface area contributed by atoms with Crippen LogP contribution in [0.4, 0.5) is 0 Å². The van der Waals surface area contributed by atoms with Gasteiger partial charge in [0.05, 0.1) is 13.5 Å². The van der Waals surface area contributed by atoms with Gasteiger partial charge >= 0.3 is 0 Å². The zero-order valence-electron chi connectivity index (χ0n) is 15.0. The van der Waals surface area contributed by atoms with Gasteiger partial charge in [-0.25, -0.2) is 0 Å². The first kappa shape index (κ1) is 19.1. The van der Waals surface area contributed by atoms with Gasteiger partial charge in [-0.15, -0.1) is 11.8 Å². The van der Waals surface area contributed by atoms with Gasteiger partial charge in [0.1, 0.15) is 5.75 Å². The number of rotatable bonds is 7. The van der Waals surface area contributed by atoms with Gasteiger partial charge in [0.25, 0.3) is 0 Å². The highest BCUT2D eigenvalue weighted by molar-refractivity contribution is 7.98. The molecule has 0 aliphatic rings. The molecule has 1 amide bonds. The van der Waals surface area contributed by atoms with Crippen molar-refractivity contribution in [1.29, 1.82) is 0 Å². The molecule has 0 heterocycles. The van der Waals surface area contributed by atoms with Gasteiger partial charge in [0.2, 0.25) is 5.91 Å². The van der Waals surface area contributed by atoms with Crippen LogP contribution in [0.2, 0.25) is 0 Å². The summed E-state index contributed by atoms with van der Waals surface area (Å²) >= 11 is 1.69. The van der Waals surface area contributed by atoms with Crippen molar-refractivity contribution in [2.45, 2.75) is 24.8 Å². The highest BCUT2D eigenvalue weighted by atomic mass is 32.2. The third kappa shape index (κ3) is 5.10. The fraction of sp³-hybridized carbons (Fsp3) is 0.300. The Bertz CT molecular complexity index is 756. The van der Waals surface area contributed by atoms with Crippen molar-refractivity contribution in [2.24, 2.45) is 0 Å². The van der Waals surface area contributed by atoms with Crippen LogP contribution in [0.25, 0.3) is 0 Å². The lowest BCUT2D eigenvalue weighted by Crippen LogP contribution is -2.27. The molecular weight excluding hydrogens is 334 g/mol. The minimum atomic E-state index is -0.0291. The number of amides is 1. The van der Waals surface area contributed by atoms with Gasteiger partial charge in [-0.1, -0.05) is 12.1 Å². The minimum Gasteiger partial charge on any atom is -0.496 e. The molecule has 0 N–H and O–H groups in total. The highest BCUT2D eigenvalue weighted by Gasteiger charge is 2.15. The SMILES string of the molecule is COc1ccc(C(C)=O)cc1CC(=O)N(C)Cc1ccc(SC)cc1. The molecule has 0 saturated heterocycles. The lowest BCUT2D eigenvalue weighted by atomic mass is 10.0. The van der Waals surface area contributed by atoms with Gasteiger partial charge in [0.15, 0.2) is 5.78 Å². The first-order valence-electron chi connectivity index (χ1n) is 7.99. The Labute approximate surface area is 153 Å². The van der Waals surface area contributed by atoms with Crippen molar-refractivity contribution in [1.82, 2.24) is 4.90 Å². The van der Waals surface area contributed by atoms with E-state index >= 15 is 0 Å². The Morgan fingerprint density at radius 2 is 1.80 bits per heavy atom. The van der Waals surface area contributed by atoms with Crippen LogP contribution in [0.1, 0.15) is 28.4 Å². The Hall–Kier alpha value is -2.27. The maximum absolute atomic E-state index is 12.6. The van der Waals surface area contributed by atoms with E-state index in [1.54, 1.807) is 49.0 Å². The second-order valence-corrected chi connectivity index (χ2v) is 6.74. The molecule has 4 nitrogen and oxygen atoms in total. The molecule has 0 aromatic heterocycles. The predicted octanol–water partition coefficient (Wildman–Crippen LogP) is 3.82. The Morgan fingerprint density at radius 3 is 2.36 bits per heavy atom. The second-order valence-electron chi connectivity index (χ2n) is 5.86. The number of carbonyl (C=O) groups excluding carboxylic acids is 2. The fourth-order valence-corrected chi connectivity index (χ4v) is 2.93. The summed E-state index contributed by atoms with van der Waals surface area (Å²) in [6.45, 7) is 2.06. The number of ether oxygens (including phenoxy) is 1. The third-order valence-electron chi connectivity index (χ3n) is 4.03. The molecule has 0 aliphatic carbocycles. The molecule has 2 aromatic rings. The first-order valence-corrected chi connectivity index (χ1v) is 9.21. The van der Waals surface area contributed by atoms with Crippen LogP contribution in [0.5, 0.6) is 5.75 Å². The van der Waals surface area contributed by atoms with Crippen LogP contribution in [0.15, 0.2) is 47.4 Å². The van der Waals surface area contributed by atoms with E-state index in [4.69, 9.17) is 4.74 Å². The molecule has 2 rings (SSSR count).